The van der Waals surface area contributed by atoms with Gasteiger partial charge in [0.25, 0.3) is 5.78 Å². The molecule has 2 heterocycles. The van der Waals surface area contributed by atoms with Gasteiger partial charge in [-0.2, -0.15) is 13.2 Å². The highest BCUT2D eigenvalue weighted by molar-refractivity contribution is 7.21. The van der Waals surface area contributed by atoms with E-state index in [4.69, 9.17) is 10.5 Å². The molecule has 4 nitrogen and oxygen atoms in total. The number of carbonyl (C=O) groups excluding carboxylic acids is 1. The van der Waals surface area contributed by atoms with E-state index in [0.29, 0.717) is 39.3 Å². The highest BCUT2D eigenvalue weighted by Crippen LogP contribution is 2.43. The summed E-state index contributed by atoms with van der Waals surface area (Å²) in [4.78, 5) is 16.1. The zero-order chi connectivity index (χ0) is 21.5. The molecule has 0 amide bonds. The van der Waals surface area contributed by atoms with E-state index in [1.54, 1.807) is 30.3 Å². The number of thiophene rings is 1. The van der Waals surface area contributed by atoms with Gasteiger partial charge in [0.15, 0.2) is 0 Å². The van der Waals surface area contributed by atoms with E-state index in [0.717, 1.165) is 5.56 Å². The molecule has 0 saturated carbocycles. The number of methoxy groups -OCH3 is 1. The number of anilines is 1. The van der Waals surface area contributed by atoms with Crippen molar-refractivity contribution in [2.24, 2.45) is 0 Å². The van der Waals surface area contributed by atoms with E-state index in [1.165, 1.54) is 7.11 Å². The monoisotopic (exact) mass is 428 g/mol. The lowest BCUT2D eigenvalue weighted by Crippen LogP contribution is -2.22. The molecule has 152 valence electrons. The summed E-state index contributed by atoms with van der Waals surface area (Å²) in [5.74, 6) is -1.39. The van der Waals surface area contributed by atoms with Crippen molar-refractivity contribution in [2.75, 3.05) is 12.8 Å². The van der Waals surface area contributed by atoms with Crippen LogP contribution in [0.1, 0.15) is 9.67 Å². The average Bonchev–Trinajstić information content (AvgIpc) is 3.08. The number of pyridine rings is 1. The fraction of sp³-hybridized carbons (Fsp3) is 0.0909. The van der Waals surface area contributed by atoms with Crippen LogP contribution >= 0.6 is 11.3 Å². The number of aromatic nitrogens is 1. The number of halogens is 3. The highest BCUT2D eigenvalue weighted by Gasteiger charge is 2.42. The summed E-state index contributed by atoms with van der Waals surface area (Å²) in [5.41, 5.74) is 8.45. The summed E-state index contributed by atoms with van der Waals surface area (Å²) in [5, 5.41) is 0.320. The zero-order valence-electron chi connectivity index (χ0n) is 15.7. The average molecular weight is 428 g/mol. The van der Waals surface area contributed by atoms with Gasteiger partial charge in [-0.25, -0.2) is 4.98 Å². The van der Waals surface area contributed by atoms with Crippen LogP contribution in [-0.2, 0) is 0 Å². The second-order valence-corrected chi connectivity index (χ2v) is 7.50. The second-order valence-electron chi connectivity index (χ2n) is 6.50. The lowest BCUT2D eigenvalue weighted by Gasteiger charge is -2.10. The number of nitrogens with zero attached hydrogens (tertiary/aromatic N) is 1. The highest BCUT2D eigenvalue weighted by atomic mass is 32.1. The molecule has 2 aromatic carbocycles. The molecule has 0 saturated heterocycles. The number of ether oxygens (including phenoxy) is 1. The summed E-state index contributed by atoms with van der Waals surface area (Å²) >= 11 is 0.650. The third kappa shape index (κ3) is 3.50. The minimum Gasteiger partial charge on any atom is -0.497 e. The predicted molar refractivity (Wildman–Crippen MR) is 112 cm³/mol. The molecule has 30 heavy (non-hydrogen) atoms. The molecule has 2 N–H and O–H groups in total. The fourth-order valence-corrected chi connectivity index (χ4v) is 4.27. The summed E-state index contributed by atoms with van der Waals surface area (Å²) in [6.07, 6.45) is -5.02. The largest absolute Gasteiger partial charge is 0.497 e. The maximum Gasteiger partial charge on any atom is 0.455 e. The van der Waals surface area contributed by atoms with Crippen molar-refractivity contribution < 1.29 is 22.7 Å². The van der Waals surface area contributed by atoms with Crippen molar-refractivity contribution in [3.05, 3.63) is 65.5 Å². The van der Waals surface area contributed by atoms with Crippen LogP contribution in [0, 0.1) is 0 Å². The van der Waals surface area contributed by atoms with Gasteiger partial charge in [-0.05, 0) is 29.3 Å². The van der Waals surface area contributed by atoms with E-state index in [-0.39, 0.29) is 10.5 Å². The number of fused-ring (bicyclic) bond motifs is 1. The number of nitrogens with two attached hydrogens (primary N) is 1. The molecular formula is C22H15F3N2O2S. The number of nitrogen functional groups attached to an aromatic ring is 1. The Morgan fingerprint density at radius 3 is 2.40 bits per heavy atom. The van der Waals surface area contributed by atoms with Gasteiger partial charge in [-0.1, -0.05) is 42.5 Å². The third-order valence-corrected chi connectivity index (χ3v) is 5.71. The van der Waals surface area contributed by atoms with E-state index >= 15 is 0 Å². The van der Waals surface area contributed by atoms with Crippen molar-refractivity contribution in [1.82, 2.24) is 4.98 Å². The van der Waals surface area contributed by atoms with Gasteiger partial charge in [0.1, 0.15) is 15.5 Å². The van der Waals surface area contributed by atoms with Crippen LogP contribution in [0.4, 0.5) is 18.9 Å². The molecule has 2 aromatic heterocycles. The Morgan fingerprint density at radius 1 is 1.03 bits per heavy atom. The molecule has 4 rings (SSSR count). The Bertz CT molecular complexity index is 1250. The Labute approximate surface area is 173 Å². The van der Waals surface area contributed by atoms with Gasteiger partial charge in [0.05, 0.1) is 18.5 Å². The van der Waals surface area contributed by atoms with E-state index < -0.39 is 16.8 Å². The normalized spacial score (nSPS) is 11.6. The molecule has 0 atom stereocenters. The van der Waals surface area contributed by atoms with E-state index in [9.17, 15) is 18.0 Å². The number of hydrogen-bond donors (Lipinski definition) is 1. The standard InChI is InChI=1S/C22H15F3N2O2S/c1-29-14-9-5-8-13(10-14)15-11-16(12-6-3-2-4-7-12)27-21-17(15)18(26)19(30-21)20(28)22(23,24)25/h2-11H,26H2,1H3. The van der Waals surface area contributed by atoms with Crippen LogP contribution < -0.4 is 10.5 Å². The van der Waals surface area contributed by atoms with Gasteiger partial charge < -0.3 is 10.5 Å². The quantitative estimate of drug-likeness (QED) is 0.407. The molecule has 0 aliphatic heterocycles. The number of Topliss-reactive ketones (excluding diaryl/α,β-unsaturated/α-hetero) is 1. The molecule has 4 aromatic rings. The van der Waals surface area contributed by atoms with Crippen LogP contribution in [0.3, 0.4) is 0 Å². The maximum atomic E-state index is 13.1. The van der Waals surface area contributed by atoms with E-state index in [2.05, 4.69) is 4.98 Å². The summed E-state index contributed by atoms with van der Waals surface area (Å²) in [7, 11) is 1.52. The van der Waals surface area contributed by atoms with Crippen molar-refractivity contribution in [3.8, 4) is 28.1 Å². The first-order valence-electron chi connectivity index (χ1n) is 8.84. The molecule has 0 aliphatic rings. The van der Waals surface area contributed by atoms with Crippen LogP contribution in [0.15, 0.2) is 60.7 Å². The predicted octanol–water partition coefficient (Wildman–Crippen LogP) is 5.97. The third-order valence-electron chi connectivity index (χ3n) is 4.61. The SMILES string of the molecule is COc1cccc(-c2cc(-c3ccccc3)nc3sc(C(=O)C(F)(F)F)c(N)c23)c1. The van der Waals surface area contributed by atoms with Gasteiger partial charge in [-0.3, -0.25) is 4.79 Å². The Balaban J connectivity index is 2.04. The van der Waals surface area contributed by atoms with Crippen molar-refractivity contribution in [2.45, 2.75) is 6.18 Å². The number of rotatable bonds is 4. The van der Waals surface area contributed by atoms with Gasteiger partial charge in [-0.15, -0.1) is 11.3 Å². The smallest absolute Gasteiger partial charge is 0.455 e. The molecule has 0 spiro atoms. The topological polar surface area (TPSA) is 65.2 Å². The number of alkyl halides is 3. The van der Waals surface area contributed by atoms with Crippen molar-refractivity contribution >= 4 is 33.0 Å². The first-order valence-corrected chi connectivity index (χ1v) is 9.65. The van der Waals surface area contributed by atoms with Crippen LogP contribution in [0.2, 0.25) is 0 Å². The molecule has 8 heteroatoms. The summed E-state index contributed by atoms with van der Waals surface area (Å²) in [6, 6.07) is 18.1. The van der Waals surface area contributed by atoms with Crippen molar-refractivity contribution in [3.63, 3.8) is 0 Å². The minimum absolute atomic E-state index is 0.220. The lowest BCUT2D eigenvalue weighted by molar-refractivity contribution is -0.0881. The molecular weight excluding hydrogens is 413 g/mol. The Kier molecular flexibility index (Phi) is 4.95. The molecule has 0 aliphatic carbocycles. The summed E-state index contributed by atoms with van der Waals surface area (Å²) in [6.45, 7) is 0. The second kappa shape index (κ2) is 7.46. The van der Waals surface area contributed by atoms with Crippen LogP contribution in [0.5, 0.6) is 5.75 Å². The first kappa shape index (κ1) is 19.9. The van der Waals surface area contributed by atoms with Crippen LogP contribution in [0.25, 0.3) is 32.6 Å². The number of ketones is 1. The van der Waals surface area contributed by atoms with Gasteiger partial charge >= 0.3 is 6.18 Å². The van der Waals surface area contributed by atoms with E-state index in [1.807, 2.05) is 30.3 Å². The Morgan fingerprint density at radius 2 is 1.73 bits per heavy atom. The van der Waals surface area contributed by atoms with Crippen molar-refractivity contribution in [1.29, 1.82) is 0 Å². The maximum absolute atomic E-state index is 13.1. The molecule has 0 fully saturated rings. The summed E-state index contributed by atoms with van der Waals surface area (Å²) < 4.78 is 44.5. The first-order chi connectivity index (χ1) is 14.3. The number of benzene rings is 2. The zero-order valence-corrected chi connectivity index (χ0v) is 16.5. The number of hydrogen-bond acceptors (Lipinski definition) is 5. The Hall–Kier alpha value is -3.39. The van der Waals surface area contributed by atoms with Gasteiger partial charge in [0.2, 0.25) is 0 Å². The number of carbonyl (C=O) groups is 1. The molecule has 0 bridgehead atoms. The molecule has 0 radical (unpaired) electrons. The fourth-order valence-electron chi connectivity index (χ4n) is 3.19. The minimum atomic E-state index is -5.02. The molecule has 0 unspecified atom stereocenters. The van der Waals surface area contributed by atoms with Gasteiger partial charge in [0, 0.05) is 10.9 Å². The lowest BCUT2D eigenvalue weighted by atomic mass is 9.99. The van der Waals surface area contributed by atoms with Crippen LogP contribution in [-0.4, -0.2) is 24.1 Å².